The molecule has 4 nitrogen and oxygen atoms in total. The van der Waals surface area contributed by atoms with E-state index in [4.69, 9.17) is 0 Å². The van der Waals surface area contributed by atoms with Crippen LogP contribution in [0.4, 0.5) is 0 Å². The number of pyridine rings is 1. The summed E-state index contributed by atoms with van der Waals surface area (Å²) in [4.78, 5) is 23.4. The minimum absolute atomic E-state index is 0.176. The quantitative estimate of drug-likeness (QED) is 0.799. The van der Waals surface area contributed by atoms with E-state index in [1.807, 2.05) is 35.5 Å². The van der Waals surface area contributed by atoms with Gasteiger partial charge in [0.25, 0.3) is 0 Å². The lowest BCUT2D eigenvalue weighted by atomic mass is 10.1. The molecule has 2 heterocycles. The van der Waals surface area contributed by atoms with Crippen LogP contribution in [0.3, 0.4) is 0 Å². The van der Waals surface area contributed by atoms with Crippen LogP contribution in [0.2, 0.25) is 0 Å². The number of likely N-dealkylation sites (N-methyl/N-ethyl adjacent to an activating group) is 1. The third kappa shape index (κ3) is 4.16. The molecule has 2 aromatic heterocycles. The van der Waals surface area contributed by atoms with Gasteiger partial charge in [0.2, 0.25) is 5.91 Å². The lowest BCUT2D eigenvalue weighted by molar-refractivity contribution is -0.131. The molecule has 1 aliphatic carbocycles. The van der Waals surface area contributed by atoms with Gasteiger partial charge in [-0.3, -0.25) is 9.78 Å². The molecular weight excluding hydrogens is 306 g/mol. The molecular formula is C18H23N3OS. The number of rotatable bonds is 4. The molecule has 0 radical (unpaired) electrons. The lowest BCUT2D eigenvalue weighted by Gasteiger charge is -2.27. The molecule has 0 spiro atoms. The molecule has 0 N–H and O–H groups in total. The Morgan fingerprint density at radius 2 is 2.04 bits per heavy atom. The first-order valence-electron chi connectivity index (χ1n) is 8.35. The number of amides is 1. The SMILES string of the molecule is CN(C(=O)Cc1csc(-c2ccccn2)n1)C1CCCCCC1. The Morgan fingerprint density at radius 3 is 2.74 bits per heavy atom. The van der Waals surface area contributed by atoms with Crippen LogP contribution < -0.4 is 0 Å². The molecule has 0 aromatic carbocycles. The van der Waals surface area contributed by atoms with Gasteiger partial charge < -0.3 is 4.90 Å². The predicted molar refractivity (Wildman–Crippen MR) is 93.3 cm³/mol. The molecule has 1 saturated carbocycles. The maximum absolute atomic E-state index is 12.5. The van der Waals surface area contributed by atoms with E-state index >= 15 is 0 Å². The smallest absolute Gasteiger partial charge is 0.228 e. The van der Waals surface area contributed by atoms with Gasteiger partial charge in [-0.05, 0) is 25.0 Å². The third-order valence-electron chi connectivity index (χ3n) is 4.53. The van der Waals surface area contributed by atoms with Crippen LogP contribution in [0.1, 0.15) is 44.2 Å². The average Bonchev–Trinajstić information content (AvgIpc) is 2.88. The van der Waals surface area contributed by atoms with Crippen molar-refractivity contribution in [2.45, 2.75) is 51.0 Å². The Labute approximate surface area is 141 Å². The number of aromatic nitrogens is 2. The molecule has 1 amide bonds. The van der Waals surface area contributed by atoms with Crippen molar-refractivity contribution in [1.29, 1.82) is 0 Å². The Balaban J connectivity index is 1.62. The topological polar surface area (TPSA) is 46.1 Å². The van der Waals surface area contributed by atoms with Crippen molar-refractivity contribution in [3.8, 4) is 10.7 Å². The van der Waals surface area contributed by atoms with Crippen molar-refractivity contribution in [2.75, 3.05) is 7.05 Å². The van der Waals surface area contributed by atoms with Crippen LogP contribution in [-0.2, 0) is 11.2 Å². The zero-order valence-electron chi connectivity index (χ0n) is 13.6. The fourth-order valence-corrected chi connectivity index (χ4v) is 3.92. The van der Waals surface area contributed by atoms with Gasteiger partial charge in [0.15, 0.2) is 0 Å². The van der Waals surface area contributed by atoms with Gasteiger partial charge >= 0.3 is 0 Å². The van der Waals surface area contributed by atoms with Gasteiger partial charge in [-0.15, -0.1) is 11.3 Å². The third-order valence-corrected chi connectivity index (χ3v) is 5.45. The second-order valence-corrected chi connectivity index (χ2v) is 7.04. The summed E-state index contributed by atoms with van der Waals surface area (Å²) in [7, 11) is 1.95. The first-order valence-corrected chi connectivity index (χ1v) is 9.23. The number of nitrogens with zero attached hydrogens (tertiary/aromatic N) is 3. The lowest BCUT2D eigenvalue weighted by Crippen LogP contribution is -2.37. The van der Waals surface area contributed by atoms with E-state index in [1.165, 1.54) is 25.7 Å². The molecule has 0 bridgehead atoms. The maximum atomic E-state index is 12.5. The number of carbonyl (C=O) groups excluding carboxylic acids is 1. The van der Waals surface area contributed by atoms with Crippen LogP contribution in [0, 0.1) is 0 Å². The van der Waals surface area contributed by atoms with Gasteiger partial charge in [-0.25, -0.2) is 4.98 Å². The molecule has 0 atom stereocenters. The van der Waals surface area contributed by atoms with Crippen LogP contribution in [-0.4, -0.2) is 33.9 Å². The molecule has 3 rings (SSSR count). The summed E-state index contributed by atoms with van der Waals surface area (Å²) in [5, 5.41) is 2.86. The number of thiazole rings is 1. The standard InChI is InChI=1S/C18H23N3OS/c1-21(15-8-4-2-3-5-9-15)17(22)12-14-13-23-18(20-14)16-10-6-7-11-19-16/h6-7,10-11,13,15H,2-5,8-9,12H2,1H3. The van der Waals surface area contributed by atoms with Crippen LogP contribution in [0.5, 0.6) is 0 Å². The highest BCUT2D eigenvalue weighted by Gasteiger charge is 2.22. The summed E-state index contributed by atoms with van der Waals surface area (Å²) in [5.41, 5.74) is 1.72. The molecule has 0 unspecified atom stereocenters. The zero-order chi connectivity index (χ0) is 16.1. The Kier molecular flexibility index (Phi) is 5.39. The zero-order valence-corrected chi connectivity index (χ0v) is 14.4. The van der Waals surface area contributed by atoms with Crippen LogP contribution >= 0.6 is 11.3 Å². The minimum atomic E-state index is 0.176. The molecule has 0 aliphatic heterocycles. The summed E-state index contributed by atoms with van der Waals surface area (Å²) in [5.74, 6) is 0.176. The van der Waals surface area contributed by atoms with Gasteiger partial charge in [-0.2, -0.15) is 0 Å². The molecule has 0 saturated heterocycles. The molecule has 1 fully saturated rings. The van der Waals surface area contributed by atoms with Crippen molar-refractivity contribution in [2.24, 2.45) is 0 Å². The summed E-state index contributed by atoms with van der Waals surface area (Å²) < 4.78 is 0. The normalized spacial score (nSPS) is 16.0. The first kappa shape index (κ1) is 16.1. The van der Waals surface area contributed by atoms with Gasteiger partial charge in [0, 0.05) is 24.7 Å². The predicted octanol–water partition coefficient (Wildman–Crippen LogP) is 3.93. The maximum Gasteiger partial charge on any atom is 0.228 e. The summed E-state index contributed by atoms with van der Waals surface area (Å²) in [6.07, 6.45) is 9.51. The van der Waals surface area contributed by atoms with Crippen molar-refractivity contribution in [3.05, 3.63) is 35.5 Å². The van der Waals surface area contributed by atoms with Crippen molar-refractivity contribution >= 4 is 17.2 Å². The minimum Gasteiger partial charge on any atom is -0.342 e. The monoisotopic (exact) mass is 329 g/mol. The van der Waals surface area contributed by atoms with Crippen molar-refractivity contribution in [3.63, 3.8) is 0 Å². The van der Waals surface area contributed by atoms with Gasteiger partial charge in [0.05, 0.1) is 17.8 Å². The molecule has 2 aromatic rings. The fraction of sp³-hybridized carbons (Fsp3) is 0.500. The van der Waals surface area contributed by atoms with E-state index in [2.05, 4.69) is 9.97 Å². The van der Waals surface area contributed by atoms with E-state index in [1.54, 1.807) is 17.5 Å². The van der Waals surface area contributed by atoms with Crippen LogP contribution in [0.25, 0.3) is 10.7 Å². The summed E-state index contributed by atoms with van der Waals surface area (Å²) >= 11 is 1.55. The molecule has 1 aliphatic rings. The molecule has 23 heavy (non-hydrogen) atoms. The summed E-state index contributed by atoms with van der Waals surface area (Å²) in [6.45, 7) is 0. The fourth-order valence-electron chi connectivity index (χ4n) is 3.12. The van der Waals surface area contributed by atoms with Gasteiger partial charge in [-0.1, -0.05) is 31.7 Å². The number of carbonyl (C=O) groups is 1. The second-order valence-electron chi connectivity index (χ2n) is 6.19. The van der Waals surface area contributed by atoms with Crippen molar-refractivity contribution in [1.82, 2.24) is 14.9 Å². The number of hydrogen-bond donors (Lipinski definition) is 0. The highest BCUT2D eigenvalue weighted by atomic mass is 32.1. The van der Waals surface area contributed by atoms with E-state index in [0.717, 1.165) is 29.2 Å². The average molecular weight is 329 g/mol. The van der Waals surface area contributed by atoms with Crippen molar-refractivity contribution < 1.29 is 4.79 Å². The van der Waals surface area contributed by atoms with E-state index < -0.39 is 0 Å². The first-order chi connectivity index (χ1) is 11.2. The highest BCUT2D eigenvalue weighted by molar-refractivity contribution is 7.13. The number of hydrogen-bond acceptors (Lipinski definition) is 4. The second kappa shape index (κ2) is 7.68. The highest BCUT2D eigenvalue weighted by Crippen LogP contribution is 2.24. The van der Waals surface area contributed by atoms with E-state index in [-0.39, 0.29) is 5.91 Å². The molecule has 122 valence electrons. The van der Waals surface area contributed by atoms with E-state index in [0.29, 0.717) is 12.5 Å². The largest absolute Gasteiger partial charge is 0.342 e. The molecule has 5 heteroatoms. The Bertz CT molecular complexity index is 633. The van der Waals surface area contributed by atoms with Gasteiger partial charge in [0.1, 0.15) is 5.01 Å². The Morgan fingerprint density at radius 1 is 1.26 bits per heavy atom. The van der Waals surface area contributed by atoms with Crippen LogP contribution in [0.15, 0.2) is 29.8 Å². The Hall–Kier alpha value is -1.75. The summed E-state index contributed by atoms with van der Waals surface area (Å²) in [6, 6.07) is 6.19. The van der Waals surface area contributed by atoms with E-state index in [9.17, 15) is 4.79 Å².